The maximum absolute atomic E-state index is 14.2. The molecule has 0 aromatic heterocycles. The van der Waals surface area contributed by atoms with Gasteiger partial charge in [0.15, 0.2) is 0 Å². The van der Waals surface area contributed by atoms with Crippen LogP contribution in [0.5, 0.6) is 0 Å². The lowest BCUT2D eigenvalue weighted by Crippen LogP contribution is -2.55. The third-order valence-electron chi connectivity index (χ3n) is 7.26. The molecule has 3 aromatic carbocycles. The van der Waals surface area contributed by atoms with E-state index in [1.54, 1.807) is 24.3 Å². The van der Waals surface area contributed by atoms with Gasteiger partial charge in [0.05, 0.1) is 11.9 Å². The van der Waals surface area contributed by atoms with Crippen molar-refractivity contribution in [1.82, 2.24) is 10.2 Å². The highest BCUT2D eigenvalue weighted by Gasteiger charge is 2.34. The van der Waals surface area contributed by atoms with Gasteiger partial charge in [0, 0.05) is 27.1 Å². The van der Waals surface area contributed by atoms with Crippen LogP contribution in [-0.4, -0.2) is 50.0 Å². The lowest BCUT2D eigenvalue weighted by atomic mass is 9.94. The quantitative estimate of drug-likeness (QED) is 0.247. The maximum atomic E-state index is 14.2. The van der Waals surface area contributed by atoms with Crippen LogP contribution in [-0.2, 0) is 32.6 Å². The molecular formula is C31H35BrIN3O4S. The van der Waals surface area contributed by atoms with Crippen LogP contribution in [0.2, 0.25) is 0 Å². The van der Waals surface area contributed by atoms with Crippen LogP contribution in [0, 0.1) is 3.57 Å². The zero-order chi connectivity index (χ0) is 29.4. The Balaban J connectivity index is 1.71. The zero-order valence-corrected chi connectivity index (χ0v) is 27.6. The van der Waals surface area contributed by atoms with Crippen LogP contribution in [0.1, 0.15) is 43.2 Å². The molecule has 41 heavy (non-hydrogen) atoms. The number of carbonyl (C=O) groups excluding carboxylic acids is 2. The standard InChI is InChI=1S/C31H35BrIN3O4S/c1-41(39,40)36(28-17-15-26(33)16-18-28)22-30(37)35(21-24-11-8-12-25(32)19-24)29(20-23-9-4-2-5-10-23)31(38)34-27-13-6-3-7-14-27/h2,4-5,8-12,15-19,27,29H,3,6-7,13-14,20-22H2,1H3,(H,34,38)/t29-/m1/s1. The number of anilines is 1. The Kier molecular flexibility index (Phi) is 11.2. The Morgan fingerprint density at radius 2 is 1.61 bits per heavy atom. The van der Waals surface area contributed by atoms with E-state index >= 15 is 0 Å². The van der Waals surface area contributed by atoms with Crippen LogP contribution in [0.25, 0.3) is 0 Å². The lowest BCUT2D eigenvalue weighted by molar-refractivity contribution is -0.140. The molecule has 1 aliphatic carbocycles. The van der Waals surface area contributed by atoms with Crippen molar-refractivity contribution in [2.75, 3.05) is 17.1 Å². The van der Waals surface area contributed by atoms with Gasteiger partial charge < -0.3 is 10.2 Å². The molecule has 2 amide bonds. The highest BCUT2D eigenvalue weighted by Crippen LogP contribution is 2.23. The summed E-state index contributed by atoms with van der Waals surface area (Å²) in [5, 5.41) is 3.22. The van der Waals surface area contributed by atoms with E-state index < -0.39 is 28.5 Å². The zero-order valence-electron chi connectivity index (χ0n) is 23.0. The summed E-state index contributed by atoms with van der Waals surface area (Å²) in [6.07, 6.45) is 6.52. The second-order valence-electron chi connectivity index (χ2n) is 10.4. The van der Waals surface area contributed by atoms with Gasteiger partial charge in [-0.1, -0.05) is 77.7 Å². The first-order chi connectivity index (χ1) is 19.6. The smallest absolute Gasteiger partial charge is 0.244 e. The fourth-order valence-corrected chi connectivity index (χ4v) is 6.81. The summed E-state index contributed by atoms with van der Waals surface area (Å²) in [5.41, 5.74) is 2.15. The predicted molar refractivity (Wildman–Crippen MR) is 175 cm³/mol. The summed E-state index contributed by atoms with van der Waals surface area (Å²) in [6.45, 7) is -0.270. The number of hydrogen-bond acceptors (Lipinski definition) is 4. The summed E-state index contributed by atoms with van der Waals surface area (Å²) in [6, 6.07) is 23.4. The molecule has 0 heterocycles. The number of sulfonamides is 1. The average molecular weight is 753 g/mol. The number of rotatable bonds is 11. The molecule has 1 aliphatic rings. The minimum atomic E-state index is -3.79. The van der Waals surface area contributed by atoms with Gasteiger partial charge in [-0.3, -0.25) is 13.9 Å². The van der Waals surface area contributed by atoms with Gasteiger partial charge in [-0.25, -0.2) is 8.42 Å². The van der Waals surface area contributed by atoms with Crippen LogP contribution in [0.3, 0.4) is 0 Å². The molecule has 1 atom stereocenters. The first-order valence-electron chi connectivity index (χ1n) is 13.7. The monoisotopic (exact) mass is 751 g/mol. The SMILES string of the molecule is CS(=O)(=O)N(CC(=O)N(Cc1cccc(Br)c1)[C@H](Cc1ccccc1)C(=O)NC1CCCCC1)c1ccc(I)cc1. The Morgan fingerprint density at radius 3 is 2.24 bits per heavy atom. The third kappa shape index (κ3) is 9.27. The summed E-state index contributed by atoms with van der Waals surface area (Å²) in [4.78, 5) is 29.7. The molecule has 1 fully saturated rings. The van der Waals surface area contributed by atoms with E-state index in [0.717, 1.165) is 61.8 Å². The van der Waals surface area contributed by atoms with E-state index in [1.807, 2.05) is 54.6 Å². The molecule has 7 nitrogen and oxygen atoms in total. The number of amides is 2. The predicted octanol–water partition coefficient (Wildman–Crippen LogP) is 5.91. The molecule has 10 heteroatoms. The molecule has 3 aromatic rings. The maximum Gasteiger partial charge on any atom is 0.244 e. The summed E-state index contributed by atoms with van der Waals surface area (Å²) in [7, 11) is -3.79. The van der Waals surface area contributed by atoms with Crippen LogP contribution in [0.4, 0.5) is 5.69 Å². The fraction of sp³-hybridized carbons (Fsp3) is 0.355. The van der Waals surface area contributed by atoms with Gasteiger partial charge in [-0.2, -0.15) is 0 Å². The van der Waals surface area contributed by atoms with Gasteiger partial charge >= 0.3 is 0 Å². The van der Waals surface area contributed by atoms with E-state index in [-0.39, 0.29) is 18.5 Å². The Hall–Kier alpha value is -2.44. The Bertz CT molecular complexity index is 1430. The topological polar surface area (TPSA) is 86.8 Å². The molecular weight excluding hydrogens is 717 g/mol. The van der Waals surface area contributed by atoms with E-state index in [2.05, 4.69) is 43.8 Å². The van der Waals surface area contributed by atoms with Crippen molar-refractivity contribution in [3.05, 3.63) is 98.0 Å². The normalized spacial score (nSPS) is 14.7. The van der Waals surface area contributed by atoms with E-state index in [1.165, 1.54) is 4.90 Å². The molecule has 218 valence electrons. The summed E-state index contributed by atoms with van der Waals surface area (Å²) < 4.78 is 28.7. The first-order valence-corrected chi connectivity index (χ1v) is 17.4. The molecule has 0 aliphatic heterocycles. The highest BCUT2D eigenvalue weighted by molar-refractivity contribution is 14.1. The second kappa shape index (κ2) is 14.6. The first kappa shape index (κ1) is 31.5. The molecule has 0 saturated heterocycles. The molecule has 0 spiro atoms. The van der Waals surface area contributed by atoms with E-state index in [4.69, 9.17) is 0 Å². The van der Waals surface area contributed by atoms with Crippen molar-refractivity contribution < 1.29 is 18.0 Å². The van der Waals surface area contributed by atoms with Gasteiger partial charge in [0.25, 0.3) is 0 Å². The Labute approximate surface area is 265 Å². The number of nitrogens with zero attached hydrogens (tertiary/aromatic N) is 2. The fourth-order valence-electron chi connectivity index (χ4n) is 5.15. The van der Waals surface area contributed by atoms with Crippen molar-refractivity contribution in [2.45, 2.75) is 57.2 Å². The number of nitrogens with one attached hydrogen (secondary N) is 1. The number of halogens is 2. The Morgan fingerprint density at radius 1 is 0.951 bits per heavy atom. The van der Waals surface area contributed by atoms with Crippen molar-refractivity contribution in [3.8, 4) is 0 Å². The minimum absolute atomic E-state index is 0.0663. The lowest BCUT2D eigenvalue weighted by Gasteiger charge is -2.35. The second-order valence-corrected chi connectivity index (χ2v) is 14.5. The molecule has 4 rings (SSSR count). The van der Waals surface area contributed by atoms with Crippen LogP contribution in [0.15, 0.2) is 83.3 Å². The number of carbonyl (C=O) groups is 2. The number of hydrogen-bond donors (Lipinski definition) is 1. The molecule has 0 unspecified atom stereocenters. The van der Waals surface area contributed by atoms with Gasteiger partial charge in [0.1, 0.15) is 12.6 Å². The molecule has 0 radical (unpaired) electrons. The molecule has 1 saturated carbocycles. The van der Waals surface area contributed by atoms with Crippen LogP contribution >= 0.6 is 38.5 Å². The average Bonchev–Trinajstić information content (AvgIpc) is 2.94. The largest absolute Gasteiger partial charge is 0.352 e. The summed E-state index contributed by atoms with van der Waals surface area (Å²) >= 11 is 5.66. The van der Waals surface area contributed by atoms with E-state index in [0.29, 0.717) is 12.1 Å². The van der Waals surface area contributed by atoms with Crippen molar-refractivity contribution in [2.24, 2.45) is 0 Å². The minimum Gasteiger partial charge on any atom is -0.352 e. The van der Waals surface area contributed by atoms with Gasteiger partial charge in [-0.05, 0) is 83.0 Å². The highest BCUT2D eigenvalue weighted by atomic mass is 127. The molecule has 1 N–H and O–H groups in total. The van der Waals surface area contributed by atoms with Gasteiger partial charge in [-0.15, -0.1) is 0 Å². The van der Waals surface area contributed by atoms with Gasteiger partial charge in [0.2, 0.25) is 21.8 Å². The van der Waals surface area contributed by atoms with Crippen molar-refractivity contribution in [3.63, 3.8) is 0 Å². The summed E-state index contributed by atoms with van der Waals surface area (Å²) in [5.74, 6) is -0.669. The van der Waals surface area contributed by atoms with Crippen molar-refractivity contribution >= 4 is 66.0 Å². The van der Waals surface area contributed by atoms with E-state index in [9.17, 15) is 18.0 Å². The number of benzene rings is 3. The van der Waals surface area contributed by atoms with Crippen LogP contribution < -0.4 is 9.62 Å². The van der Waals surface area contributed by atoms with Crippen molar-refractivity contribution in [1.29, 1.82) is 0 Å². The third-order valence-corrected chi connectivity index (χ3v) is 9.61. The molecule has 0 bridgehead atoms.